The average molecular weight is 291 g/mol. The van der Waals surface area contributed by atoms with Crippen molar-refractivity contribution in [3.05, 3.63) is 45.9 Å². The van der Waals surface area contributed by atoms with E-state index in [-0.39, 0.29) is 6.10 Å². The van der Waals surface area contributed by atoms with E-state index in [0.29, 0.717) is 0 Å². The number of aryl methyl sites for hydroxylation is 1. The van der Waals surface area contributed by atoms with Crippen molar-refractivity contribution in [3.8, 4) is 0 Å². The van der Waals surface area contributed by atoms with Crippen LogP contribution in [0.3, 0.4) is 0 Å². The molecule has 0 heterocycles. The number of aliphatic hydroxyl groups excluding tert-OH is 1. The molecule has 1 aliphatic carbocycles. The molecule has 0 spiro atoms. The molecule has 2 heteroatoms. The van der Waals surface area contributed by atoms with Crippen LogP contribution in [0.1, 0.15) is 36.5 Å². The fourth-order valence-electron chi connectivity index (χ4n) is 2.78. The van der Waals surface area contributed by atoms with E-state index in [1.807, 2.05) is 0 Å². The fraction of sp³-hybridized carbons (Fsp3) is 0.333. The van der Waals surface area contributed by atoms with Crippen LogP contribution in [-0.2, 0) is 6.42 Å². The number of halogens is 1. The van der Waals surface area contributed by atoms with Gasteiger partial charge in [-0.3, -0.25) is 0 Å². The Hall–Kier alpha value is -0.860. The highest BCUT2D eigenvalue weighted by molar-refractivity contribution is 9.10. The molecule has 17 heavy (non-hydrogen) atoms. The Morgan fingerprint density at radius 2 is 1.88 bits per heavy atom. The summed E-state index contributed by atoms with van der Waals surface area (Å²) in [4.78, 5) is 0. The van der Waals surface area contributed by atoms with Crippen molar-refractivity contribution in [3.63, 3.8) is 0 Å². The molecule has 1 atom stereocenters. The zero-order valence-corrected chi connectivity index (χ0v) is 11.2. The van der Waals surface area contributed by atoms with Gasteiger partial charge in [-0.05, 0) is 47.2 Å². The quantitative estimate of drug-likeness (QED) is 0.715. The Morgan fingerprint density at radius 1 is 1.12 bits per heavy atom. The van der Waals surface area contributed by atoms with Crippen molar-refractivity contribution in [2.45, 2.75) is 31.8 Å². The third kappa shape index (κ3) is 1.90. The Morgan fingerprint density at radius 3 is 2.71 bits per heavy atom. The number of benzene rings is 2. The van der Waals surface area contributed by atoms with Crippen molar-refractivity contribution in [1.82, 2.24) is 0 Å². The van der Waals surface area contributed by atoms with E-state index in [9.17, 15) is 5.11 Å². The van der Waals surface area contributed by atoms with Gasteiger partial charge >= 0.3 is 0 Å². The molecule has 88 valence electrons. The van der Waals surface area contributed by atoms with Crippen LogP contribution in [0.5, 0.6) is 0 Å². The van der Waals surface area contributed by atoms with Gasteiger partial charge in [-0.25, -0.2) is 0 Å². The Bertz CT molecular complexity index is 562. The SMILES string of the molecule is O[C@@H]1CCCCc2c1cc(Br)c1ccccc21. The Kier molecular flexibility index (Phi) is 2.93. The molecule has 0 saturated carbocycles. The topological polar surface area (TPSA) is 20.2 Å². The highest BCUT2D eigenvalue weighted by atomic mass is 79.9. The second kappa shape index (κ2) is 4.43. The first kappa shape index (κ1) is 11.2. The van der Waals surface area contributed by atoms with Gasteiger partial charge in [0.1, 0.15) is 0 Å². The van der Waals surface area contributed by atoms with Gasteiger partial charge in [0.05, 0.1) is 6.10 Å². The maximum absolute atomic E-state index is 10.2. The van der Waals surface area contributed by atoms with Gasteiger partial charge in [0.15, 0.2) is 0 Å². The van der Waals surface area contributed by atoms with Crippen LogP contribution in [0.2, 0.25) is 0 Å². The van der Waals surface area contributed by atoms with Crippen molar-refractivity contribution in [2.75, 3.05) is 0 Å². The van der Waals surface area contributed by atoms with Gasteiger partial charge in [-0.2, -0.15) is 0 Å². The second-order valence-corrected chi connectivity index (χ2v) is 5.59. The first-order chi connectivity index (χ1) is 8.27. The molecule has 0 aliphatic heterocycles. The third-order valence-electron chi connectivity index (χ3n) is 3.65. The largest absolute Gasteiger partial charge is 0.388 e. The smallest absolute Gasteiger partial charge is 0.0793 e. The number of rotatable bonds is 0. The van der Waals surface area contributed by atoms with Crippen LogP contribution >= 0.6 is 15.9 Å². The second-order valence-electron chi connectivity index (χ2n) is 4.73. The summed E-state index contributed by atoms with van der Waals surface area (Å²) in [7, 11) is 0. The summed E-state index contributed by atoms with van der Waals surface area (Å²) >= 11 is 3.62. The third-order valence-corrected chi connectivity index (χ3v) is 4.31. The van der Waals surface area contributed by atoms with E-state index in [4.69, 9.17) is 0 Å². The lowest BCUT2D eigenvalue weighted by Crippen LogP contribution is -2.00. The van der Waals surface area contributed by atoms with Crippen LogP contribution in [0, 0.1) is 0 Å². The standard InChI is InChI=1S/C15H15BrO/c16-14-9-13-11(6-3-4-8-15(13)17)10-5-1-2-7-12(10)14/h1-2,5,7,9,15,17H,3-4,6,8H2/t15-/m1/s1. The maximum atomic E-state index is 10.2. The van der Waals surface area contributed by atoms with Crippen molar-refractivity contribution < 1.29 is 5.11 Å². The molecule has 0 saturated heterocycles. The molecule has 0 amide bonds. The van der Waals surface area contributed by atoms with Gasteiger partial charge in [0.25, 0.3) is 0 Å². The average Bonchev–Trinajstić information content (AvgIpc) is 2.53. The predicted molar refractivity (Wildman–Crippen MR) is 74.2 cm³/mol. The summed E-state index contributed by atoms with van der Waals surface area (Å²) in [6.45, 7) is 0. The summed E-state index contributed by atoms with van der Waals surface area (Å²) in [5.74, 6) is 0. The highest BCUT2D eigenvalue weighted by Gasteiger charge is 2.19. The molecule has 1 N–H and O–H groups in total. The van der Waals surface area contributed by atoms with Gasteiger partial charge in [0.2, 0.25) is 0 Å². The van der Waals surface area contributed by atoms with Crippen LogP contribution in [0.25, 0.3) is 10.8 Å². The van der Waals surface area contributed by atoms with E-state index in [0.717, 1.165) is 29.3 Å². The Balaban J connectivity index is 2.34. The molecule has 2 aromatic carbocycles. The van der Waals surface area contributed by atoms with Crippen LogP contribution in [0.15, 0.2) is 34.8 Å². The zero-order chi connectivity index (χ0) is 11.8. The lowest BCUT2D eigenvalue weighted by molar-refractivity contribution is 0.166. The Labute approximate surface area is 110 Å². The minimum absolute atomic E-state index is 0.298. The predicted octanol–water partition coefficient (Wildman–Crippen LogP) is 4.36. The van der Waals surface area contributed by atoms with Crippen molar-refractivity contribution in [2.24, 2.45) is 0 Å². The lowest BCUT2D eigenvalue weighted by atomic mass is 9.94. The molecule has 2 aromatic rings. The van der Waals surface area contributed by atoms with E-state index in [1.165, 1.54) is 22.8 Å². The van der Waals surface area contributed by atoms with Gasteiger partial charge in [-0.1, -0.05) is 46.6 Å². The van der Waals surface area contributed by atoms with E-state index in [1.54, 1.807) is 0 Å². The number of hydrogen-bond donors (Lipinski definition) is 1. The molecule has 1 aliphatic rings. The molecular formula is C15H15BrO. The highest BCUT2D eigenvalue weighted by Crippen LogP contribution is 2.37. The molecule has 3 rings (SSSR count). The van der Waals surface area contributed by atoms with Crippen molar-refractivity contribution >= 4 is 26.7 Å². The summed E-state index contributed by atoms with van der Waals surface area (Å²) in [6.07, 6.45) is 3.96. The number of fused-ring (bicyclic) bond motifs is 3. The first-order valence-electron chi connectivity index (χ1n) is 6.15. The molecule has 0 radical (unpaired) electrons. The summed E-state index contributed by atoms with van der Waals surface area (Å²) in [6, 6.07) is 10.5. The summed E-state index contributed by atoms with van der Waals surface area (Å²) in [5.41, 5.74) is 2.46. The minimum Gasteiger partial charge on any atom is -0.388 e. The number of aliphatic hydroxyl groups is 1. The normalized spacial score (nSPS) is 20.0. The van der Waals surface area contributed by atoms with Crippen molar-refractivity contribution in [1.29, 1.82) is 0 Å². The molecule has 0 unspecified atom stereocenters. The van der Waals surface area contributed by atoms with Crippen LogP contribution in [-0.4, -0.2) is 5.11 Å². The van der Waals surface area contributed by atoms with E-state index in [2.05, 4.69) is 46.3 Å². The molecule has 0 fully saturated rings. The van der Waals surface area contributed by atoms with Gasteiger partial charge in [-0.15, -0.1) is 0 Å². The minimum atomic E-state index is -0.298. The molecule has 1 nitrogen and oxygen atoms in total. The van der Waals surface area contributed by atoms with E-state index < -0.39 is 0 Å². The van der Waals surface area contributed by atoms with Crippen LogP contribution in [0.4, 0.5) is 0 Å². The lowest BCUT2D eigenvalue weighted by Gasteiger charge is -2.15. The number of hydrogen-bond acceptors (Lipinski definition) is 1. The summed E-state index contributed by atoms with van der Waals surface area (Å²) < 4.78 is 1.09. The molecule has 0 aromatic heterocycles. The monoisotopic (exact) mass is 290 g/mol. The van der Waals surface area contributed by atoms with Gasteiger partial charge < -0.3 is 5.11 Å². The maximum Gasteiger partial charge on any atom is 0.0793 e. The summed E-state index contributed by atoms with van der Waals surface area (Å²) in [5, 5.41) is 12.7. The van der Waals surface area contributed by atoms with Gasteiger partial charge in [0, 0.05) is 4.47 Å². The molecule has 0 bridgehead atoms. The fourth-order valence-corrected chi connectivity index (χ4v) is 3.38. The zero-order valence-electron chi connectivity index (χ0n) is 9.62. The first-order valence-corrected chi connectivity index (χ1v) is 6.95. The van der Waals surface area contributed by atoms with Crippen LogP contribution < -0.4 is 0 Å². The van der Waals surface area contributed by atoms with E-state index >= 15 is 0 Å². The molecular weight excluding hydrogens is 276 g/mol.